The highest BCUT2D eigenvalue weighted by Crippen LogP contribution is 2.56. The molecule has 2 aliphatic rings. The fourth-order valence-electron chi connectivity index (χ4n) is 6.01. The van der Waals surface area contributed by atoms with Gasteiger partial charge in [-0.1, -0.05) is 55.3 Å². The van der Waals surface area contributed by atoms with Crippen LogP contribution in [0, 0.1) is 6.92 Å². The molecule has 5 aromatic rings. The molecule has 31 heavy (non-hydrogen) atoms. The lowest BCUT2D eigenvalue weighted by Gasteiger charge is -2.24. The van der Waals surface area contributed by atoms with Crippen LogP contribution >= 0.6 is 0 Å². The van der Waals surface area contributed by atoms with E-state index < -0.39 is 0 Å². The first-order valence-electron chi connectivity index (χ1n) is 11.1. The van der Waals surface area contributed by atoms with Gasteiger partial charge in [-0.3, -0.25) is 4.98 Å². The lowest BCUT2D eigenvalue weighted by molar-refractivity contribution is 0.530. The standard InChI is InChI=1S/C28H22N2O/c1-17-11-12-19-21-16-20-18-8-2-3-9-22(18)28(13-5-6-14-28)26(20)30-27(21)31-25(19)24(17)23-10-4-7-15-29-23/h2-4,7-12,15-16H,5-6,13-14H2,1H3. The molecule has 0 unspecified atom stereocenters. The maximum Gasteiger partial charge on any atom is 0.227 e. The van der Waals surface area contributed by atoms with Gasteiger partial charge >= 0.3 is 0 Å². The molecule has 1 spiro atoms. The molecular formula is C28H22N2O. The van der Waals surface area contributed by atoms with E-state index in [2.05, 4.69) is 54.4 Å². The predicted molar refractivity (Wildman–Crippen MR) is 124 cm³/mol. The second-order valence-electron chi connectivity index (χ2n) is 9.02. The van der Waals surface area contributed by atoms with E-state index in [0.29, 0.717) is 0 Å². The first-order valence-corrected chi connectivity index (χ1v) is 11.1. The molecule has 3 heterocycles. The normalized spacial score (nSPS) is 16.3. The van der Waals surface area contributed by atoms with Gasteiger partial charge in [0.2, 0.25) is 5.71 Å². The SMILES string of the molecule is Cc1ccc2c(oc3nc4c(cc32)-c2ccccc2C42CCCC2)c1-c1ccccn1. The van der Waals surface area contributed by atoms with Crippen molar-refractivity contribution in [1.29, 1.82) is 0 Å². The molecule has 0 radical (unpaired) electrons. The molecule has 1 fully saturated rings. The van der Waals surface area contributed by atoms with Crippen molar-refractivity contribution in [2.24, 2.45) is 0 Å². The summed E-state index contributed by atoms with van der Waals surface area (Å²) < 4.78 is 6.49. The van der Waals surface area contributed by atoms with Gasteiger partial charge in [-0.2, -0.15) is 0 Å². The lowest BCUT2D eigenvalue weighted by atomic mass is 9.79. The minimum Gasteiger partial charge on any atom is -0.437 e. The number of hydrogen-bond acceptors (Lipinski definition) is 3. The number of aryl methyl sites for hydroxylation is 1. The third-order valence-corrected chi connectivity index (χ3v) is 7.41. The fraction of sp³-hybridized carbons (Fsp3) is 0.214. The maximum atomic E-state index is 6.49. The van der Waals surface area contributed by atoms with Gasteiger partial charge in [0.1, 0.15) is 5.58 Å². The summed E-state index contributed by atoms with van der Waals surface area (Å²) in [6.07, 6.45) is 6.71. The van der Waals surface area contributed by atoms with Crippen LogP contribution in [0.25, 0.3) is 44.5 Å². The van der Waals surface area contributed by atoms with Crippen molar-refractivity contribution in [2.45, 2.75) is 38.0 Å². The quantitative estimate of drug-likeness (QED) is 0.298. The number of benzene rings is 2. The number of aromatic nitrogens is 2. The van der Waals surface area contributed by atoms with E-state index in [1.165, 1.54) is 48.1 Å². The summed E-state index contributed by atoms with van der Waals surface area (Å²) in [5, 5.41) is 2.21. The minimum absolute atomic E-state index is 0.0544. The van der Waals surface area contributed by atoms with Gasteiger partial charge in [0.25, 0.3) is 0 Å². The number of rotatable bonds is 1. The van der Waals surface area contributed by atoms with Crippen molar-refractivity contribution in [1.82, 2.24) is 9.97 Å². The first-order chi connectivity index (χ1) is 15.3. The zero-order valence-electron chi connectivity index (χ0n) is 17.5. The van der Waals surface area contributed by atoms with Crippen molar-refractivity contribution in [3.8, 4) is 22.4 Å². The van der Waals surface area contributed by atoms with E-state index in [-0.39, 0.29) is 5.41 Å². The van der Waals surface area contributed by atoms with Crippen molar-refractivity contribution >= 4 is 22.1 Å². The minimum atomic E-state index is 0.0544. The molecule has 7 rings (SSSR count). The molecule has 1 saturated carbocycles. The maximum absolute atomic E-state index is 6.49. The Kier molecular flexibility index (Phi) is 3.36. The summed E-state index contributed by atoms with van der Waals surface area (Å²) >= 11 is 0. The topological polar surface area (TPSA) is 38.9 Å². The van der Waals surface area contributed by atoms with Gasteiger partial charge in [-0.15, -0.1) is 0 Å². The molecule has 0 amide bonds. The molecule has 0 saturated heterocycles. The van der Waals surface area contributed by atoms with E-state index in [4.69, 9.17) is 9.40 Å². The van der Waals surface area contributed by atoms with Gasteiger partial charge in [-0.25, -0.2) is 4.98 Å². The van der Waals surface area contributed by atoms with Crippen LogP contribution in [0.2, 0.25) is 0 Å². The Balaban J connectivity index is 1.57. The molecule has 150 valence electrons. The Morgan fingerprint density at radius 3 is 2.55 bits per heavy atom. The fourth-order valence-corrected chi connectivity index (χ4v) is 6.01. The number of nitrogens with zero attached hydrogens (tertiary/aromatic N) is 2. The molecule has 3 nitrogen and oxygen atoms in total. The van der Waals surface area contributed by atoms with Crippen LogP contribution in [0.4, 0.5) is 0 Å². The summed E-state index contributed by atoms with van der Waals surface area (Å²) in [6, 6.07) is 21.6. The number of hydrogen-bond donors (Lipinski definition) is 0. The van der Waals surface area contributed by atoms with E-state index in [9.17, 15) is 0 Å². The Labute approximate surface area is 180 Å². The molecule has 0 aliphatic heterocycles. The zero-order chi connectivity index (χ0) is 20.6. The van der Waals surface area contributed by atoms with Crippen molar-refractivity contribution in [2.75, 3.05) is 0 Å². The molecule has 0 N–H and O–H groups in total. The lowest BCUT2D eigenvalue weighted by Crippen LogP contribution is -2.21. The molecule has 2 aromatic carbocycles. The van der Waals surface area contributed by atoms with Crippen LogP contribution in [0.5, 0.6) is 0 Å². The third kappa shape index (κ3) is 2.18. The Bertz CT molecular complexity index is 1490. The van der Waals surface area contributed by atoms with Crippen molar-refractivity contribution in [3.63, 3.8) is 0 Å². The highest BCUT2D eigenvalue weighted by atomic mass is 16.3. The van der Waals surface area contributed by atoms with Gasteiger partial charge in [0, 0.05) is 33.5 Å². The van der Waals surface area contributed by atoms with Crippen LogP contribution in [0.3, 0.4) is 0 Å². The molecular weight excluding hydrogens is 380 g/mol. The summed E-state index contributed by atoms with van der Waals surface area (Å²) in [5.74, 6) is 0. The second-order valence-corrected chi connectivity index (χ2v) is 9.02. The highest BCUT2D eigenvalue weighted by molar-refractivity contribution is 6.10. The Morgan fingerprint density at radius 1 is 0.871 bits per heavy atom. The van der Waals surface area contributed by atoms with Gasteiger partial charge in [0.15, 0.2) is 0 Å². The van der Waals surface area contributed by atoms with Crippen LogP contribution in [0.1, 0.15) is 42.5 Å². The smallest absolute Gasteiger partial charge is 0.227 e. The van der Waals surface area contributed by atoms with Gasteiger partial charge < -0.3 is 4.42 Å². The Hall–Kier alpha value is -3.46. The van der Waals surface area contributed by atoms with E-state index in [0.717, 1.165) is 38.9 Å². The van der Waals surface area contributed by atoms with Crippen LogP contribution in [-0.4, -0.2) is 9.97 Å². The molecule has 0 bridgehead atoms. The summed E-state index contributed by atoms with van der Waals surface area (Å²) in [6.45, 7) is 2.12. The van der Waals surface area contributed by atoms with Crippen molar-refractivity contribution < 1.29 is 4.42 Å². The van der Waals surface area contributed by atoms with Crippen LogP contribution in [-0.2, 0) is 5.41 Å². The number of pyridine rings is 2. The molecule has 2 aliphatic carbocycles. The highest BCUT2D eigenvalue weighted by Gasteiger charge is 2.46. The average Bonchev–Trinajstić information content (AvgIpc) is 3.50. The summed E-state index contributed by atoms with van der Waals surface area (Å²) in [7, 11) is 0. The average molecular weight is 402 g/mol. The van der Waals surface area contributed by atoms with Gasteiger partial charge in [-0.05, 0) is 54.7 Å². The molecule has 3 heteroatoms. The number of fused-ring (bicyclic) bond motifs is 8. The molecule has 0 atom stereocenters. The van der Waals surface area contributed by atoms with E-state index >= 15 is 0 Å². The zero-order valence-corrected chi connectivity index (χ0v) is 17.5. The monoisotopic (exact) mass is 402 g/mol. The third-order valence-electron chi connectivity index (χ3n) is 7.41. The predicted octanol–water partition coefficient (Wildman–Crippen LogP) is 7.19. The molecule has 3 aromatic heterocycles. The van der Waals surface area contributed by atoms with Crippen molar-refractivity contribution in [3.05, 3.63) is 83.7 Å². The van der Waals surface area contributed by atoms with Crippen LogP contribution < -0.4 is 0 Å². The van der Waals surface area contributed by atoms with E-state index in [1.54, 1.807) is 0 Å². The Morgan fingerprint density at radius 2 is 1.71 bits per heavy atom. The van der Waals surface area contributed by atoms with Crippen LogP contribution in [0.15, 0.2) is 71.3 Å². The summed E-state index contributed by atoms with van der Waals surface area (Å²) in [5.41, 5.74) is 10.2. The first kappa shape index (κ1) is 17.2. The van der Waals surface area contributed by atoms with Gasteiger partial charge in [0.05, 0.1) is 11.4 Å². The second kappa shape index (κ2) is 6.04. The summed E-state index contributed by atoms with van der Waals surface area (Å²) in [4.78, 5) is 9.82. The largest absolute Gasteiger partial charge is 0.437 e. The number of furan rings is 1. The van der Waals surface area contributed by atoms with E-state index in [1.807, 2.05) is 24.4 Å².